The molecule has 0 saturated carbocycles. The molecule has 1 N–H and O–H groups in total. The van der Waals surface area contributed by atoms with Crippen molar-refractivity contribution in [1.82, 2.24) is 0 Å². The van der Waals surface area contributed by atoms with E-state index in [9.17, 15) is 5.11 Å². The monoisotopic (exact) mass is 260 g/mol. The van der Waals surface area contributed by atoms with Gasteiger partial charge in [0.25, 0.3) is 0 Å². The predicted octanol–water partition coefficient (Wildman–Crippen LogP) is 2.52. The van der Waals surface area contributed by atoms with Crippen LogP contribution in [0.5, 0.6) is 11.5 Å². The summed E-state index contributed by atoms with van der Waals surface area (Å²) in [5.41, 5.74) is 0.766. The zero-order valence-corrected chi connectivity index (χ0v) is 9.96. The van der Waals surface area contributed by atoms with Crippen LogP contribution in [0.4, 0.5) is 0 Å². The van der Waals surface area contributed by atoms with Gasteiger partial charge in [-0.2, -0.15) is 0 Å². The summed E-state index contributed by atoms with van der Waals surface area (Å²) in [5, 5.41) is 9.43. The normalized spacial score (nSPS) is 12.4. The van der Waals surface area contributed by atoms with E-state index in [2.05, 4.69) is 15.9 Å². The highest BCUT2D eigenvalue weighted by atomic mass is 79.9. The minimum Gasteiger partial charge on any atom is -0.495 e. The maximum absolute atomic E-state index is 9.43. The Morgan fingerprint density at radius 1 is 1.21 bits per heavy atom. The molecule has 0 spiro atoms. The largest absolute Gasteiger partial charge is 0.495 e. The first-order chi connectivity index (χ1) is 6.60. The smallest absolute Gasteiger partial charge is 0.137 e. The molecule has 1 aromatic carbocycles. The summed E-state index contributed by atoms with van der Waals surface area (Å²) in [7, 11) is 3.15. The zero-order chi connectivity index (χ0) is 10.7. The fourth-order valence-corrected chi connectivity index (χ4v) is 1.68. The lowest BCUT2D eigenvalue weighted by atomic mass is 10.1. The fraction of sp³-hybridized carbons (Fsp3) is 0.400. The molecule has 0 aliphatic carbocycles. The molecule has 0 saturated heterocycles. The maximum Gasteiger partial charge on any atom is 0.137 e. The van der Waals surface area contributed by atoms with Crippen molar-refractivity contribution in [2.75, 3.05) is 14.2 Å². The van der Waals surface area contributed by atoms with Gasteiger partial charge in [0.15, 0.2) is 0 Å². The number of aliphatic hydroxyl groups excluding tert-OH is 1. The molecule has 0 heterocycles. The SMILES string of the molecule is COc1cc(C(C)O)cc(OC)c1Br. The van der Waals surface area contributed by atoms with Crippen LogP contribution in [0.2, 0.25) is 0 Å². The van der Waals surface area contributed by atoms with Crippen LogP contribution in [0.1, 0.15) is 18.6 Å². The molecule has 0 aromatic heterocycles. The molecule has 1 rings (SSSR count). The van der Waals surface area contributed by atoms with E-state index in [1.807, 2.05) is 0 Å². The Bertz CT molecular complexity index is 298. The van der Waals surface area contributed by atoms with E-state index in [1.165, 1.54) is 0 Å². The van der Waals surface area contributed by atoms with Crippen LogP contribution < -0.4 is 9.47 Å². The minimum atomic E-state index is -0.536. The van der Waals surface area contributed by atoms with Gasteiger partial charge in [0, 0.05) is 0 Å². The second kappa shape index (κ2) is 4.66. The molecule has 14 heavy (non-hydrogen) atoms. The molecule has 78 valence electrons. The molecule has 3 nitrogen and oxygen atoms in total. The van der Waals surface area contributed by atoms with Gasteiger partial charge in [0.1, 0.15) is 16.0 Å². The first-order valence-corrected chi connectivity index (χ1v) is 4.99. The van der Waals surface area contributed by atoms with E-state index in [1.54, 1.807) is 33.3 Å². The van der Waals surface area contributed by atoms with Gasteiger partial charge >= 0.3 is 0 Å². The number of aliphatic hydroxyl groups is 1. The number of hydrogen-bond acceptors (Lipinski definition) is 3. The predicted molar refractivity (Wildman–Crippen MR) is 57.9 cm³/mol. The Balaban J connectivity index is 3.25. The first kappa shape index (κ1) is 11.3. The molecule has 0 aliphatic heterocycles. The number of benzene rings is 1. The third-order valence-electron chi connectivity index (χ3n) is 1.95. The van der Waals surface area contributed by atoms with E-state index < -0.39 is 6.10 Å². The highest BCUT2D eigenvalue weighted by Crippen LogP contribution is 2.37. The van der Waals surface area contributed by atoms with Crippen molar-refractivity contribution in [2.24, 2.45) is 0 Å². The number of halogens is 1. The summed E-state index contributed by atoms with van der Waals surface area (Å²) in [5.74, 6) is 1.31. The quantitative estimate of drug-likeness (QED) is 0.908. The van der Waals surface area contributed by atoms with Crippen LogP contribution in [-0.4, -0.2) is 19.3 Å². The molecule has 0 amide bonds. The van der Waals surface area contributed by atoms with Gasteiger partial charge in [0.05, 0.1) is 20.3 Å². The minimum absolute atomic E-state index is 0.536. The lowest BCUT2D eigenvalue weighted by Gasteiger charge is -2.12. The average Bonchev–Trinajstić information content (AvgIpc) is 2.17. The Kier molecular flexibility index (Phi) is 3.77. The lowest BCUT2D eigenvalue weighted by Crippen LogP contribution is -1.96. The van der Waals surface area contributed by atoms with E-state index in [-0.39, 0.29) is 0 Å². The van der Waals surface area contributed by atoms with Crippen molar-refractivity contribution in [3.05, 3.63) is 22.2 Å². The third kappa shape index (κ3) is 2.19. The molecule has 0 fully saturated rings. The van der Waals surface area contributed by atoms with Crippen LogP contribution in [-0.2, 0) is 0 Å². The summed E-state index contributed by atoms with van der Waals surface area (Å²) in [6.07, 6.45) is -0.536. The van der Waals surface area contributed by atoms with Crippen LogP contribution >= 0.6 is 15.9 Å². The topological polar surface area (TPSA) is 38.7 Å². The molecular weight excluding hydrogens is 248 g/mol. The number of hydrogen-bond donors (Lipinski definition) is 1. The number of rotatable bonds is 3. The van der Waals surface area contributed by atoms with Crippen LogP contribution in [0.3, 0.4) is 0 Å². The molecule has 4 heteroatoms. The highest BCUT2D eigenvalue weighted by molar-refractivity contribution is 9.10. The van der Waals surface area contributed by atoms with Gasteiger partial charge in [-0.15, -0.1) is 0 Å². The van der Waals surface area contributed by atoms with Crippen molar-refractivity contribution < 1.29 is 14.6 Å². The van der Waals surface area contributed by atoms with Crippen molar-refractivity contribution in [3.63, 3.8) is 0 Å². The van der Waals surface area contributed by atoms with Crippen LogP contribution in [0, 0.1) is 0 Å². The van der Waals surface area contributed by atoms with Gasteiger partial charge in [-0.25, -0.2) is 0 Å². The van der Waals surface area contributed by atoms with E-state index >= 15 is 0 Å². The van der Waals surface area contributed by atoms with Crippen molar-refractivity contribution in [1.29, 1.82) is 0 Å². The third-order valence-corrected chi connectivity index (χ3v) is 2.73. The second-order valence-corrected chi connectivity index (χ2v) is 3.71. The van der Waals surface area contributed by atoms with Crippen LogP contribution in [0.25, 0.3) is 0 Å². The van der Waals surface area contributed by atoms with Gasteiger partial charge in [-0.1, -0.05) is 0 Å². The Hall–Kier alpha value is -0.740. The Morgan fingerprint density at radius 3 is 1.93 bits per heavy atom. The molecule has 0 aliphatic rings. The van der Waals surface area contributed by atoms with E-state index in [0.717, 1.165) is 10.0 Å². The fourth-order valence-electron chi connectivity index (χ4n) is 1.13. The van der Waals surface area contributed by atoms with Gasteiger partial charge in [-0.05, 0) is 40.5 Å². The summed E-state index contributed by atoms with van der Waals surface area (Å²) >= 11 is 3.35. The molecule has 1 unspecified atom stereocenters. The molecule has 1 atom stereocenters. The standard InChI is InChI=1S/C10H13BrO3/c1-6(12)7-4-8(13-2)10(11)9(5-7)14-3/h4-6,12H,1-3H3. The maximum atomic E-state index is 9.43. The zero-order valence-electron chi connectivity index (χ0n) is 8.37. The summed E-state index contributed by atoms with van der Waals surface area (Å²) < 4.78 is 11.0. The van der Waals surface area contributed by atoms with E-state index in [0.29, 0.717) is 11.5 Å². The highest BCUT2D eigenvalue weighted by Gasteiger charge is 2.11. The summed E-state index contributed by atoms with van der Waals surface area (Å²) in [6.45, 7) is 1.70. The Labute approximate surface area is 91.8 Å². The average molecular weight is 261 g/mol. The van der Waals surface area contributed by atoms with Gasteiger partial charge in [0.2, 0.25) is 0 Å². The van der Waals surface area contributed by atoms with Crippen molar-refractivity contribution >= 4 is 15.9 Å². The molecule has 1 aromatic rings. The number of methoxy groups -OCH3 is 2. The Morgan fingerprint density at radius 2 is 1.64 bits per heavy atom. The molecule has 0 bridgehead atoms. The number of ether oxygens (including phenoxy) is 2. The summed E-state index contributed by atoms with van der Waals surface area (Å²) in [6, 6.07) is 3.55. The van der Waals surface area contributed by atoms with Crippen molar-refractivity contribution in [2.45, 2.75) is 13.0 Å². The lowest BCUT2D eigenvalue weighted by molar-refractivity contribution is 0.198. The van der Waals surface area contributed by atoms with Crippen LogP contribution in [0.15, 0.2) is 16.6 Å². The van der Waals surface area contributed by atoms with Crippen molar-refractivity contribution in [3.8, 4) is 11.5 Å². The molecular formula is C10H13BrO3. The van der Waals surface area contributed by atoms with Gasteiger partial charge < -0.3 is 14.6 Å². The first-order valence-electron chi connectivity index (χ1n) is 4.19. The van der Waals surface area contributed by atoms with Gasteiger partial charge in [-0.3, -0.25) is 0 Å². The second-order valence-electron chi connectivity index (χ2n) is 2.92. The summed E-state index contributed by atoms with van der Waals surface area (Å²) in [4.78, 5) is 0. The molecule has 0 radical (unpaired) electrons. The van der Waals surface area contributed by atoms with E-state index in [4.69, 9.17) is 9.47 Å².